The number of carbonyl (C=O) groups excluding carboxylic acids is 2. The first kappa shape index (κ1) is 10.1. The van der Waals surface area contributed by atoms with Crippen LogP contribution in [-0.4, -0.2) is 11.6 Å². The van der Waals surface area contributed by atoms with Crippen molar-refractivity contribution in [3.63, 3.8) is 0 Å². The monoisotopic (exact) mass is 206 g/mol. The Morgan fingerprint density at radius 2 is 2.20 bits per heavy atom. The van der Waals surface area contributed by atoms with Crippen molar-refractivity contribution in [3.8, 4) is 0 Å². The maximum Gasteiger partial charge on any atom is 0.173 e. The normalized spacial score (nSPS) is 16.1. The number of ketones is 2. The van der Waals surface area contributed by atoms with E-state index in [0.29, 0.717) is 11.3 Å². The van der Waals surface area contributed by atoms with E-state index in [2.05, 4.69) is 0 Å². The minimum absolute atomic E-state index is 0.0328. The van der Waals surface area contributed by atoms with Crippen LogP contribution in [0.4, 0.5) is 0 Å². The molecular formula is C12H14O3. The molecule has 2 rings (SSSR count). The van der Waals surface area contributed by atoms with Crippen molar-refractivity contribution in [3.05, 3.63) is 23.7 Å². The average Bonchev–Trinajstić information content (AvgIpc) is 2.47. The highest BCUT2D eigenvalue weighted by Gasteiger charge is 2.27. The summed E-state index contributed by atoms with van der Waals surface area (Å²) < 4.78 is 5.04. The predicted octanol–water partition coefficient (Wildman–Crippen LogP) is 2.53. The van der Waals surface area contributed by atoms with Crippen molar-refractivity contribution in [2.24, 2.45) is 5.92 Å². The van der Waals surface area contributed by atoms with Gasteiger partial charge in [-0.2, -0.15) is 0 Å². The highest BCUT2D eigenvalue weighted by Crippen LogP contribution is 2.28. The third kappa shape index (κ3) is 2.01. The summed E-state index contributed by atoms with van der Waals surface area (Å²) in [6, 6.07) is 1.63. The fourth-order valence-electron chi connectivity index (χ4n) is 1.80. The third-order valence-corrected chi connectivity index (χ3v) is 3.05. The van der Waals surface area contributed by atoms with E-state index in [0.717, 1.165) is 19.3 Å². The van der Waals surface area contributed by atoms with Crippen molar-refractivity contribution >= 4 is 11.6 Å². The van der Waals surface area contributed by atoms with Crippen LogP contribution < -0.4 is 0 Å². The molecule has 1 aromatic rings. The van der Waals surface area contributed by atoms with E-state index >= 15 is 0 Å². The van der Waals surface area contributed by atoms with E-state index in [4.69, 9.17) is 4.42 Å². The second kappa shape index (κ2) is 4.01. The lowest BCUT2D eigenvalue weighted by atomic mass is 9.80. The number of furan rings is 1. The smallest absolute Gasteiger partial charge is 0.173 e. The summed E-state index contributed by atoms with van der Waals surface area (Å²) in [5.41, 5.74) is 0.544. The molecule has 0 spiro atoms. The van der Waals surface area contributed by atoms with Gasteiger partial charge in [0.1, 0.15) is 11.5 Å². The van der Waals surface area contributed by atoms with Crippen LogP contribution in [0.2, 0.25) is 0 Å². The molecule has 0 unspecified atom stereocenters. The summed E-state index contributed by atoms with van der Waals surface area (Å²) in [4.78, 5) is 23.3. The first-order chi connectivity index (χ1) is 7.18. The Hall–Kier alpha value is -1.38. The van der Waals surface area contributed by atoms with Crippen LogP contribution in [0.1, 0.15) is 41.8 Å². The highest BCUT2D eigenvalue weighted by atomic mass is 16.3. The summed E-state index contributed by atoms with van der Waals surface area (Å²) >= 11 is 0. The Labute approximate surface area is 88.5 Å². The topological polar surface area (TPSA) is 47.3 Å². The Morgan fingerprint density at radius 1 is 1.47 bits per heavy atom. The molecule has 1 aromatic heterocycles. The minimum atomic E-state index is -0.113. The van der Waals surface area contributed by atoms with Crippen molar-refractivity contribution < 1.29 is 14.0 Å². The molecule has 1 aliphatic carbocycles. The van der Waals surface area contributed by atoms with Crippen molar-refractivity contribution in [2.45, 2.75) is 32.6 Å². The first-order valence-corrected chi connectivity index (χ1v) is 5.28. The summed E-state index contributed by atoms with van der Waals surface area (Å²) in [5, 5.41) is 0. The molecule has 1 heterocycles. The van der Waals surface area contributed by atoms with Gasteiger partial charge in [0.05, 0.1) is 18.2 Å². The quantitative estimate of drug-likeness (QED) is 0.561. The molecule has 3 heteroatoms. The van der Waals surface area contributed by atoms with Gasteiger partial charge in [-0.15, -0.1) is 0 Å². The Bertz CT molecular complexity index is 385. The molecule has 3 nitrogen and oxygen atoms in total. The van der Waals surface area contributed by atoms with E-state index in [1.165, 1.54) is 6.26 Å². The Kier molecular flexibility index (Phi) is 2.71. The lowest BCUT2D eigenvalue weighted by Gasteiger charge is -2.23. The van der Waals surface area contributed by atoms with Gasteiger partial charge in [-0.1, -0.05) is 6.42 Å². The molecule has 1 fully saturated rings. The maximum absolute atomic E-state index is 11.7. The summed E-state index contributed by atoms with van der Waals surface area (Å²) in [7, 11) is 0. The minimum Gasteiger partial charge on any atom is -0.469 e. The van der Waals surface area contributed by atoms with Gasteiger partial charge in [0.2, 0.25) is 0 Å². The molecule has 0 radical (unpaired) electrons. The zero-order chi connectivity index (χ0) is 10.8. The molecule has 0 aromatic carbocycles. The summed E-state index contributed by atoms with van der Waals surface area (Å²) in [5.74, 6) is 0.715. The molecule has 0 bridgehead atoms. The third-order valence-electron chi connectivity index (χ3n) is 3.05. The molecule has 0 amide bonds. The van der Waals surface area contributed by atoms with Crippen LogP contribution >= 0.6 is 0 Å². The second-order valence-corrected chi connectivity index (χ2v) is 4.08. The van der Waals surface area contributed by atoms with Crippen molar-refractivity contribution in [1.29, 1.82) is 0 Å². The lowest BCUT2D eigenvalue weighted by Crippen LogP contribution is -2.24. The maximum atomic E-state index is 11.7. The first-order valence-electron chi connectivity index (χ1n) is 5.28. The summed E-state index contributed by atoms with van der Waals surface area (Å²) in [6.45, 7) is 1.74. The number of hydrogen-bond acceptors (Lipinski definition) is 3. The van der Waals surface area contributed by atoms with Crippen LogP contribution in [0, 0.1) is 12.8 Å². The second-order valence-electron chi connectivity index (χ2n) is 4.08. The average molecular weight is 206 g/mol. The van der Waals surface area contributed by atoms with Gasteiger partial charge < -0.3 is 4.42 Å². The number of Topliss-reactive ketones (excluding diaryl/α,β-unsaturated/α-hetero) is 2. The van der Waals surface area contributed by atoms with Crippen LogP contribution in [0.15, 0.2) is 16.7 Å². The van der Waals surface area contributed by atoms with Crippen LogP contribution in [0.3, 0.4) is 0 Å². The highest BCUT2D eigenvalue weighted by molar-refractivity contribution is 6.09. The van der Waals surface area contributed by atoms with E-state index in [1.54, 1.807) is 13.0 Å². The fraction of sp³-hybridized carbons (Fsp3) is 0.500. The predicted molar refractivity (Wildman–Crippen MR) is 54.7 cm³/mol. The van der Waals surface area contributed by atoms with E-state index < -0.39 is 0 Å². The Balaban J connectivity index is 1.97. The number of hydrogen-bond donors (Lipinski definition) is 0. The number of aryl methyl sites for hydroxylation is 1. The Morgan fingerprint density at radius 3 is 2.67 bits per heavy atom. The van der Waals surface area contributed by atoms with Gasteiger partial charge >= 0.3 is 0 Å². The molecule has 0 saturated heterocycles. The lowest BCUT2D eigenvalue weighted by molar-refractivity contribution is -0.124. The number of carbonyl (C=O) groups is 2. The van der Waals surface area contributed by atoms with Gasteiger partial charge in [0.15, 0.2) is 5.78 Å². The fourth-order valence-corrected chi connectivity index (χ4v) is 1.80. The SMILES string of the molecule is Cc1occc1C(=O)CC(=O)C1CCC1. The molecule has 1 aliphatic rings. The molecule has 0 aliphatic heterocycles. The van der Waals surface area contributed by atoms with Crippen LogP contribution in [0.5, 0.6) is 0 Å². The van der Waals surface area contributed by atoms with E-state index in [-0.39, 0.29) is 23.9 Å². The molecular weight excluding hydrogens is 192 g/mol. The molecule has 1 saturated carbocycles. The molecule has 80 valence electrons. The van der Waals surface area contributed by atoms with E-state index in [1.807, 2.05) is 0 Å². The zero-order valence-electron chi connectivity index (χ0n) is 8.79. The van der Waals surface area contributed by atoms with Gasteiger partial charge in [-0.25, -0.2) is 0 Å². The molecule has 0 N–H and O–H groups in total. The standard InChI is InChI=1S/C12H14O3/c1-8-10(5-6-15-8)12(14)7-11(13)9-3-2-4-9/h5-6,9H,2-4,7H2,1H3. The van der Waals surface area contributed by atoms with Crippen LogP contribution in [-0.2, 0) is 4.79 Å². The van der Waals surface area contributed by atoms with Gasteiger partial charge in [0.25, 0.3) is 0 Å². The van der Waals surface area contributed by atoms with Gasteiger partial charge in [-0.05, 0) is 25.8 Å². The molecule has 15 heavy (non-hydrogen) atoms. The molecule has 0 atom stereocenters. The number of rotatable bonds is 4. The van der Waals surface area contributed by atoms with Gasteiger partial charge in [0, 0.05) is 5.92 Å². The van der Waals surface area contributed by atoms with Crippen LogP contribution in [0.25, 0.3) is 0 Å². The van der Waals surface area contributed by atoms with E-state index in [9.17, 15) is 9.59 Å². The van der Waals surface area contributed by atoms with Gasteiger partial charge in [-0.3, -0.25) is 9.59 Å². The largest absolute Gasteiger partial charge is 0.469 e. The summed E-state index contributed by atoms with van der Waals surface area (Å²) in [6.07, 6.45) is 4.55. The zero-order valence-corrected chi connectivity index (χ0v) is 8.79. The van der Waals surface area contributed by atoms with Crippen molar-refractivity contribution in [2.75, 3.05) is 0 Å². The van der Waals surface area contributed by atoms with Crippen molar-refractivity contribution in [1.82, 2.24) is 0 Å².